The summed E-state index contributed by atoms with van der Waals surface area (Å²) in [6, 6.07) is -0.159. The van der Waals surface area contributed by atoms with Crippen LogP contribution in [0.1, 0.15) is 25.7 Å². The third kappa shape index (κ3) is 2.25. The molecule has 2 unspecified atom stereocenters. The Hall–Kier alpha value is -0.550. The van der Waals surface area contributed by atoms with Crippen molar-refractivity contribution in [3.8, 4) is 0 Å². The molecule has 2 aliphatic rings. The summed E-state index contributed by atoms with van der Waals surface area (Å²) in [5, 5.41) is 2.79. The molecular formula is C11H19NO3S. The minimum absolute atomic E-state index is 0.159. The lowest BCUT2D eigenvalue weighted by Gasteiger charge is -2.30. The lowest BCUT2D eigenvalue weighted by Crippen LogP contribution is -2.46. The van der Waals surface area contributed by atoms with Crippen LogP contribution in [0.5, 0.6) is 0 Å². The van der Waals surface area contributed by atoms with Gasteiger partial charge in [-0.15, -0.1) is 0 Å². The van der Waals surface area contributed by atoms with Crippen LogP contribution in [0.3, 0.4) is 0 Å². The third-order valence-electron chi connectivity index (χ3n) is 3.35. The van der Waals surface area contributed by atoms with E-state index in [1.54, 1.807) is 7.05 Å². The van der Waals surface area contributed by atoms with Gasteiger partial charge in [0, 0.05) is 6.42 Å². The quantitative estimate of drug-likeness (QED) is 0.801. The number of hydrogen-bond acceptors (Lipinski definition) is 4. The Morgan fingerprint density at radius 2 is 2.31 bits per heavy atom. The number of rotatable bonds is 3. The SMILES string of the molecule is CNC(C1=CCCO1)C1CCCCS1(=O)=O. The van der Waals surface area contributed by atoms with Crippen molar-refractivity contribution in [1.29, 1.82) is 0 Å². The van der Waals surface area contributed by atoms with E-state index in [9.17, 15) is 8.42 Å². The molecular weight excluding hydrogens is 226 g/mol. The summed E-state index contributed by atoms with van der Waals surface area (Å²) >= 11 is 0. The average Bonchev–Trinajstić information content (AvgIpc) is 2.75. The minimum atomic E-state index is -2.96. The van der Waals surface area contributed by atoms with E-state index in [2.05, 4.69) is 5.32 Å². The van der Waals surface area contributed by atoms with Crippen molar-refractivity contribution in [2.45, 2.75) is 37.0 Å². The molecule has 1 fully saturated rings. The van der Waals surface area contributed by atoms with Crippen LogP contribution in [-0.2, 0) is 14.6 Å². The molecule has 2 heterocycles. The Bertz CT molecular complexity index is 375. The van der Waals surface area contributed by atoms with Gasteiger partial charge in [-0.3, -0.25) is 0 Å². The van der Waals surface area contributed by atoms with Gasteiger partial charge in [0.25, 0.3) is 0 Å². The van der Waals surface area contributed by atoms with E-state index in [-0.39, 0.29) is 11.3 Å². The summed E-state index contributed by atoms with van der Waals surface area (Å²) in [4.78, 5) is 0. The highest BCUT2D eigenvalue weighted by molar-refractivity contribution is 7.92. The zero-order valence-electron chi connectivity index (χ0n) is 9.61. The molecule has 0 amide bonds. The Kier molecular flexibility index (Phi) is 3.54. The molecule has 0 spiro atoms. The fourth-order valence-corrected chi connectivity index (χ4v) is 4.64. The Morgan fingerprint density at radius 3 is 2.88 bits per heavy atom. The Balaban J connectivity index is 2.19. The highest BCUT2D eigenvalue weighted by Gasteiger charge is 2.37. The second-order valence-electron chi connectivity index (χ2n) is 4.41. The molecule has 2 atom stereocenters. The Morgan fingerprint density at radius 1 is 1.50 bits per heavy atom. The van der Waals surface area contributed by atoms with Crippen LogP contribution in [0.25, 0.3) is 0 Å². The summed E-state index contributed by atoms with van der Waals surface area (Å²) in [5.41, 5.74) is 0. The van der Waals surface area contributed by atoms with E-state index in [0.717, 1.165) is 31.4 Å². The molecule has 1 N–H and O–H groups in total. The van der Waals surface area contributed by atoms with Crippen LogP contribution in [0.2, 0.25) is 0 Å². The maximum absolute atomic E-state index is 12.0. The maximum atomic E-state index is 12.0. The molecule has 1 saturated heterocycles. The smallest absolute Gasteiger partial charge is 0.155 e. The van der Waals surface area contributed by atoms with Crippen LogP contribution in [0.15, 0.2) is 11.8 Å². The molecule has 4 nitrogen and oxygen atoms in total. The summed E-state index contributed by atoms with van der Waals surface area (Å²) in [5.74, 6) is 1.14. The molecule has 0 aromatic heterocycles. The van der Waals surface area contributed by atoms with Gasteiger partial charge in [0.1, 0.15) is 5.76 Å². The lowest BCUT2D eigenvalue weighted by atomic mass is 10.1. The van der Waals surface area contributed by atoms with Crippen LogP contribution in [0.4, 0.5) is 0 Å². The molecule has 0 aromatic rings. The molecule has 5 heteroatoms. The second-order valence-corrected chi connectivity index (χ2v) is 6.75. The largest absolute Gasteiger partial charge is 0.496 e. The van der Waals surface area contributed by atoms with E-state index < -0.39 is 9.84 Å². The monoisotopic (exact) mass is 245 g/mol. The van der Waals surface area contributed by atoms with E-state index in [0.29, 0.717) is 12.4 Å². The predicted molar refractivity (Wildman–Crippen MR) is 62.9 cm³/mol. The molecule has 0 aliphatic carbocycles. The second kappa shape index (κ2) is 4.75. The van der Waals surface area contributed by atoms with Crippen LogP contribution < -0.4 is 5.32 Å². The molecule has 2 aliphatic heterocycles. The van der Waals surface area contributed by atoms with E-state index >= 15 is 0 Å². The van der Waals surface area contributed by atoms with Crippen molar-refractivity contribution in [3.05, 3.63) is 11.8 Å². The Labute approximate surface area is 97.0 Å². The van der Waals surface area contributed by atoms with Crippen molar-refractivity contribution in [2.24, 2.45) is 0 Å². The molecule has 92 valence electrons. The predicted octanol–water partition coefficient (Wildman–Crippen LogP) is 0.846. The lowest BCUT2D eigenvalue weighted by molar-refractivity contribution is 0.213. The zero-order valence-corrected chi connectivity index (χ0v) is 10.4. The average molecular weight is 245 g/mol. The first-order chi connectivity index (χ1) is 7.65. The van der Waals surface area contributed by atoms with Crippen LogP contribution in [0, 0.1) is 0 Å². The van der Waals surface area contributed by atoms with E-state index in [1.165, 1.54) is 0 Å². The number of nitrogens with one attached hydrogen (secondary N) is 1. The van der Waals surface area contributed by atoms with E-state index in [1.807, 2.05) is 6.08 Å². The maximum Gasteiger partial charge on any atom is 0.155 e. The van der Waals surface area contributed by atoms with Gasteiger partial charge in [0.05, 0.1) is 23.7 Å². The first-order valence-electron chi connectivity index (χ1n) is 5.87. The van der Waals surface area contributed by atoms with Gasteiger partial charge in [0.2, 0.25) is 0 Å². The van der Waals surface area contributed by atoms with Gasteiger partial charge in [-0.1, -0.05) is 6.42 Å². The van der Waals surface area contributed by atoms with Gasteiger partial charge >= 0.3 is 0 Å². The van der Waals surface area contributed by atoms with Gasteiger partial charge < -0.3 is 10.1 Å². The zero-order chi connectivity index (χ0) is 11.6. The van der Waals surface area contributed by atoms with Crippen molar-refractivity contribution < 1.29 is 13.2 Å². The fourth-order valence-electron chi connectivity index (χ4n) is 2.52. The van der Waals surface area contributed by atoms with Crippen molar-refractivity contribution in [2.75, 3.05) is 19.4 Å². The van der Waals surface area contributed by atoms with Crippen molar-refractivity contribution >= 4 is 9.84 Å². The van der Waals surface area contributed by atoms with Crippen molar-refractivity contribution in [1.82, 2.24) is 5.32 Å². The molecule has 16 heavy (non-hydrogen) atoms. The van der Waals surface area contributed by atoms with Crippen LogP contribution >= 0.6 is 0 Å². The minimum Gasteiger partial charge on any atom is -0.496 e. The van der Waals surface area contributed by atoms with Gasteiger partial charge in [-0.05, 0) is 26.0 Å². The van der Waals surface area contributed by atoms with Crippen molar-refractivity contribution in [3.63, 3.8) is 0 Å². The number of ether oxygens (including phenoxy) is 1. The normalized spacial score (nSPS) is 30.6. The van der Waals surface area contributed by atoms with Gasteiger partial charge in [-0.2, -0.15) is 0 Å². The summed E-state index contributed by atoms with van der Waals surface area (Å²) in [6.07, 6.45) is 5.44. The third-order valence-corrected chi connectivity index (χ3v) is 5.64. The van der Waals surface area contributed by atoms with Gasteiger partial charge in [0.15, 0.2) is 9.84 Å². The topological polar surface area (TPSA) is 55.4 Å². The first-order valence-corrected chi connectivity index (χ1v) is 7.58. The summed E-state index contributed by atoms with van der Waals surface area (Å²) < 4.78 is 29.5. The highest BCUT2D eigenvalue weighted by Crippen LogP contribution is 2.27. The number of likely N-dealkylation sites (N-methyl/N-ethyl adjacent to an activating group) is 1. The molecule has 0 radical (unpaired) electrons. The highest BCUT2D eigenvalue weighted by atomic mass is 32.2. The summed E-state index contributed by atoms with van der Waals surface area (Å²) in [7, 11) is -1.15. The summed E-state index contributed by atoms with van der Waals surface area (Å²) in [6.45, 7) is 0.681. The standard InChI is InChI=1S/C11H19NO3S/c1-12-11(9-5-4-7-15-9)10-6-2-3-8-16(10,13)14/h5,10-12H,2-4,6-8H2,1H3. The number of sulfone groups is 1. The molecule has 0 aromatic carbocycles. The van der Waals surface area contributed by atoms with Gasteiger partial charge in [-0.25, -0.2) is 8.42 Å². The first kappa shape index (κ1) is 11.9. The number of hydrogen-bond donors (Lipinski definition) is 1. The molecule has 0 bridgehead atoms. The molecule has 0 saturated carbocycles. The van der Waals surface area contributed by atoms with E-state index in [4.69, 9.17) is 4.74 Å². The fraction of sp³-hybridized carbons (Fsp3) is 0.818. The van der Waals surface area contributed by atoms with Crippen LogP contribution in [-0.4, -0.2) is 39.1 Å². The molecule has 2 rings (SSSR count).